The molecule has 0 saturated heterocycles. The van der Waals surface area contributed by atoms with Gasteiger partial charge in [0.1, 0.15) is 6.04 Å². The molecular weight excluding hydrogens is 236 g/mol. The van der Waals surface area contributed by atoms with Crippen molar-refractivity contribution < 1.29 is 19.5 Å². The normalized spacial score (nSPS) is 12.7. The van der Waals surface area contributed by atoms with Crippen LogP contribution in [0.3, 0.4) is 0 Å². The van der Waals surface area contributed by atoms with Crippen molar-refractivity contribution in [3.8, 4) is 0 Å². The number of hydrogen-bond acceptors (Lipinski definition) is 3. The summed E-state index contributed by atoms with van der Waals surface area (Å²) in [5.74, 6) is -1.52. The molecule has 1 unspecified atom stereocenters. The molecule has 0 aromatic rings. The maximum atomic E-state index is 12.2. The van der Waals surface area contributed by atoms with Gasteiger partial charge in [-0.1, -0.05) is 0 Å². The molecule has 6 heteroatoms. The smallest absolute Gasteiger partial charge is 0.305 e. The number of rotatable bonds is 5. The average Bonchev–Trinajstić information content (AvgIpc) is 2.13. The van der Waals surface area contributed by atoms with Crippen molar-refractivity contribution in [1.82, 2.24) is 10.2 Å². The van der Waals surface area contributed by atoms with E-state index in [1.54, 1.807) is 6.92 Å². The Bertz CT molecular complexity index is 333. The molecule has 0 aliphatic heterocycles. The first-order valence-corrected chi connectivity index (χ1v) is 5.86. The van der Waals surface area contributed by atoms with Gasteiger partial charge in [0.2, 0.25) is 11.8 Å². The molecule has 0 aromatic heterocycles. The largest absolute Gasteiger partial charge is 0.481 e. The highest BCUT2D eigenvalue weighted by atomic mass is 16.4. The van der Waals surface area contributed by atoms with Gasteiger partial charge in [-0.15, -0.1) is 0 Å². The Kier molecular flexibility index (Phi) is 5.81. The van der Waals surface area contributed by atoms with Crippen molar-refractivity contribution in [2.75, 3.05) is 6.54 Å². The van der Waals surface area contributed by atoms with Crippen molar-refractivity contribution in [2.45, 2.75) is 52.6 Å². The summed E-state index contributed by atoms with van der Waals surface area (Å²) in [6.07, 6.45) is -0.115. The van der Waals surface area contributed by atoms with Gasteiger partial charge in [0.05, 0.1) is 6.42 Å². The Labute approximate surface area is 107 Å². The average molecular weight is 258 g/mol. The van der Waals surface area contributed by atoms with E-state index in [2.05, 4.69) is 5.32 Å². The van der Waals surface area contributed by atoms with E-state index in [-0.39, 0.29) is 24.8 Å². The van der Waals surface area contributed by atoms with Gasteiger partial charge in [-0.05, 0) is 27.7 Å². The number of carbonyl (C=O) groups is 3. The van der Waals surface area contributed by atoms with Crippen LogP contribution in [0.25, 0.3) is 0 Å². The number of nitrogens with one attached hydrogen (secondary N) is 1. The minimum absolute atomic E-state index is 0.115. The number of carboxylic acids is 1. The Morgan fingerprint density at radius 3 is 2.11 bits per heavy atom. The first-order valence-electron chi connectivity index (χ1n) is 5.86. The van der Waals surface area contributed by atoms with Crippen LogP contribution in [0.5, 0.6) is 0 Å². The second kappa shape index (κ2) is 6.37. The van der Waals surface area contributed by atoms with Crippen LogP contribution in [0.4, 0.5) is 0 Å². The molecule has 18 heavy (non-hydrogen) atoms. The topological polar surface area (TPSA) is 86.7 Å². The third kappa shape index (κ3) is 5.65. The monoisotopic (exact) mass is 258 g/mol. The molecule has 0 radical (unpaired) electrons. The maximum Gasteiger partial charge on any atom is 0.305 e. The summed E-state index contributed by atoms with van der Waals surface area (Å²) in [7, 11) is 0. The standard InChI is InChI=1S/C12H22N2O4/c1-8(13-9(2)15)11(18)14(12(3,4)5)7-6-10(16)17/h8H,6-7H2,1-5H3,(H,13,15)(H,16,17). The first kappa shape index (κ1) is 16.4. The minimum atomic E-state index is -0.954. The molecular formula is C12H22N2O4. The number of aliphatic carboxylic acids is 1. The molecule has 2 amide bonds. The van der Waals surface area contributed by atoms with Crippen LogP contribution in [0, 0.1) is 0 Å². The van der Waals surface area contributed by atoms with E-state index < -0.39 is 17.6 Å². The molecule has 0 rings (SSSR count). The Morgan fingerprint density at radius 2 is 1.78 bits per heavy atom. The maximum absolute atomic E-state index is 12.2. The van der Waals surface area contributed by atoms with Crippen molar-refractivity contribution in [2.24, 2.45) is 0 Å². The van der Waals surface area contributed by atoms with Crippen LogP contribution in [0.2, 0.25) is 0 Å². The molecule has 1 atom stereocenters. The molecule has 6 nitrogen and oxygen atoms in total. The summed E-state index contributed by atoms with van der Waals surface area (Å²) < 4.78 is 0. The molecule has 0 bridgehead atoms. The number of carboxylic acid groups (broad SMARTS) is 1. The van der Waals surface area contributed by atoms with E-state index in [4.69, 9.17) is 5.11 Å². The molecule has 0 aliphatic carbocycles. The van der Waals surface area contributed by atoms with Crippen LogP contribution < -0.4 is 5.32 Å². The molecule has 0 aromatic carbocycles. The summed E-state index contributed by atoms with van der Waals surface area (Å²) >= 11 is 0. The highest BCUT2D eigenvalue weighted by molar-refractivity contribution is 5.87. The third-order valence-corrected chi connectivity index (χ3v) is 2.42. The highest BCUT2D eigenvalue weighted by Crippen LogP contribution is 2.15. The summed E-state index contributed by atoms with van der Waals surface area (Å²) in [5.41, 5.74) is -0.487. The fraction of sp³-hybridized carbons (Fsp3) is 0.750. The van der Waals surface area contributed by atoms with Gasteiger partial charge in [-0.2, -0.15) is 0 Å². The predicted molar refractivity (Wildman–Crippen MR) is 67.0 cm³/mol. The zero-order valence-corrected chi connectivity index (χ0v) is 11.6. The van der Waals surface area contributed by atoms with E-state index in [9.17, 15) is 14.4 Å². The van der Waals surface area contributed by atoms with E-state index in [1.165, 1.54) is 11.8 Å². The van der Waals surface area contributed by atoms with Crippen LogP contribution >= 0.6 is 0 Å². The molecule has 0 spiro atoms. The van der Waals surface area contributed by atoms with Crippen molar-refractivity contribution in [3.63, 3.8) is 0 Å². The fourth-order valence-electron chi connectivity index (χ4n) is 1.58. The van der Waals surface area contributed by atoms with Crippen molar-refractivity contribution in [3.05, 3.63) is 0 Å². The summed E-state index contributed by atoms with van der Waals surface area (Å²) in [5, 5.41) is 11.2. The Balaban J connectivity index is 4.80. The van der Waals surface area contributed by atoms with Gasteiger partial charge in [-0.3, -0.25) is 14.4 Å². The molecule has 104 valence electrons. The molecule has 0 saturated carbocycles. The lowest BCUT2D eigenvalue weighted by atomic mass is 10.0. The molecule has 0 fully saturated rings. The quantitative estimate of drug-likeness (QED) is 0.756. The van der Waals surface area contributed by atoms with Crippen molar-refractivity contribution >= 4 is 17.8 Å². The Morgan fingerprint density at radius 1 is 1.28 bits per heavy atom. The summed E-state index contributed by atoms with van der Waals surface area (Å²) in [4.78, 5) is 35.1. The first-order chi connectivity index (χ1) is 8.05. The Hall–Kier alpha value is -1.59. The summed E-state index contributed by atoms with van der Waals surface area (Å²) in [6, 6.07) is -0.657. The van der Waals surface area contributed by atoms with E-state index >= 15 is 0 Å². The fourth-order valence-corrected chi connectivity index (χ4v) is 1.58. The zero-order valence-electron chi connectivity index (χ0n) is 11.6. The molecule has 2 N–H and O–H groups in total. The lowest BCUT2D eigenvalue weighted by Crippen LogP contribution is -2.54. The van der Waals surface area contributed by atoms with Crippen molar-refractivity contribution in [1.29, 1.82) is 0 Å². The number of amides is 2. The number of hydrogen-bond donors (Lipinski definition) is 2. The van der Waals surface area contributed by atoms with Gasteiger partial charge >= 0.3 is 5.97 Å². The lowest BCUT2D eigenvalue weighted by molar-refractivity contribution is -0.142. The second-order valence-corrected chi connectivity index (χ2v) is 5.23. The lowest BCUT2D eigenvalue weighted by Gasteiger charge is -2.37. The van der Waals surface area contributed by atoms with Gasteiger partial charge in [0.25, 0.3) is 0 Å². The minimum Gasteiger partial charge on any atom is -0.481 e. The highest BCUT2D eigenvalue weighted by Gasteiger charge is 2.30. The molecule has 0 heterocycles. The SMILES string of the molecule is CC(=O)NC(C)C(=O)N(CCC(=O)O)C(C)(C)C. The number of carbonyl (C=O) groups excluding carboxylic acids is 2. The van der Waals surface area contributed by atoms with E-state index in [0.717, 1.165) is 0 Å². The van der Waals surface area contributed by atoms with Gasteiger partial charge < -0.3 is 15.3 Å². The zero-order chi connectivity index (χ0) is 14.5. The van der Waals surface area contributed by atoms with Crippen LogP contribution in [0.1, 0.15) is 41.0 Å². The van der Waals surface area contributed by atoms with Gasteiger partial charge in [-0.25, -0.2) is 0 Å². The van der Waals surface area contributed by atoms with E-state index in [1.807, 2.05) is 20.8 Å². The predicted octanol–water partition coefficient (Wildman–Crippen LogP) is 0.613. The second-order valence-electron chi connectivity index (χ2n) is 5.23. The van der Waals surface area contributed by atoms with Gasteiger partial charge in [0.15, 0.2) is 0 Å². The summed E-state index contributed by atoms with van der Waals surface area (Å²) in [6.45, 7) is 8.53. The van der Waals surface area contributed by atoms with Gasteiger partial charge in [0, 0.05) is 19.0 Å². The third-order valence-electron chi connectivity index (χ3n) is 2.42. The molecule has 0 aliphatic rings. The van der Waals surface area contributed by atoms with Crippen LogP contribution in [-0.2, 0) is 14.4 Å². The van der Waals surface area contributed by atoms with Crippen LogP contribution in [0.15, 0.2) is 0 Å². The van der Waals surface area contributed by atoms with E-state index in [0.29, 0.717) is 0 Å². The van der Waals surface area contributed by atoms with Crippen LogP contribution in [-0.4, -0.2) is 45.9 Å². The number of nitrogens with zero attached hydrogens (tertiary/aromatic N) is 1.